The van der Waals surface area contributed by atoms with Crippen LogP contribution in [-0.4, -0.2) is 40.8 Å². The molecule has 0 aliphatic heterocycles. The average molecular weight is 329 g/mol. The van der Waals surface area contributed by atoms with Gasteiger partial charge >= 0.3 is 0 Å². The molecular weight excluding hydrogens is 310 g/mol. The van der Waals surface area contributed by atoms with Crippen LogP contribution in [0.4, 0.5) is 11.5 Å². The van der Waals surface area contributed by atoms with Gasteiger partial charge in [-0.25, -0.2) is 15.0 Å². The molecule has 1 N–H and O–H groups in total. The van der Waals surface area contributed by atoms with Crippen LogP contribution < -0.4 is 19.5 Å². The lowest BCUT2D eigenvalue weighted by atomic mass is 10.2. The fourth-order valence-electron chi connectivity index (χ4n) is 2.49. The number of benzene rings is 1. The molecule has 0 aliphatic rings. The van der Waals surface area contributed by atoms with Crippen molar-refractivity contribution >= 4 is 22.7 Å². The number of aryl methyl sites for hydroxylation is 1. The van der Waals surface area contributed by atoms with Gasteiger partial charge in [-0.2, -0.15) is 0 Å². The van der Waals surface area contributed by atoms with Crippen molar-refractivity contribution in [3.8, 4) is 17.2 Å². The first-order chi connectivity index (χ1) is 11.7. The number of imidazole rings is 1. The highest BCUT2D eigenvalue weighted by atomic mass is 16.5. The third kappa shape index (κ3) is 2.66. The van der Waals surface area contributed by atoms with E-state index in [2.05, 4.69) is 20.3 Å². The Hall–Kier alpha value is -3.03. The van der Waals surface area contributed by atoms with Gasteiger partial charge in [-0.3, -0.25) is 0 Å². The quantitative estimate of drug-likeness (QED) is 0.744. The summed E-state index contributed by atoms with van der Waals surface area (Å²) < 4.78 is 18.0. The molecule has 8 heteroatoms. The molecule has 2 heterocycles. The van der Waals surface area contributed by atoms with Crippen LogP contribution in [0.1, 0.15) is 6.92 Å². The lowest BCUT2D eigenvalue weighted by Gasteiger charge is -2.14. The van der Waals surface area contributed by atoms with Gasteiger partial charge in [0.1, 0.15) is 6.33 Å². The predicted octanol–water partition coefficient (Wildman–Crippen LogP) is 2.62. The van der Waals surface area contributed by atoms with Crippen molar-refractivity contribution in [1.29, 1.82) is 0 Å². The molecule has 8 nitrogen and oxygen atoms in total. The normalized spacial score (nSPS) is 10.7. The number of rotatable bonds is 6. The fraction of sp³-hybridized carbons (Fsp3) is 0.312. The standard InChI is InChI=1S/C16H19N5O3/c1-5-21-9-19-13-15(17-8-18-16(13)21)20-10-6-11(22-2)14(24-4)12(7-10)23-3/h6-9H,5H2,1-4H3,(H,17,18,20). The summed E-state index contributed by atoms with van der Waals surface area (Å²) >= 11 is 0. The second-order valence-corrected chi connectivity index (χ2v) is 4.96. The molecule has 0 saturated carbocycles. The van der Waals surface area contributed by atoms with Crippen molar-refractivity contribution in [1.82, 2.24) is 19.5 Å². The van der Waals surface area contributed by atoms with Crippen LogP contribution in [-0.2, 0) is 6.54 Å². The monoisotopic (exact) mass is 329 g/mol. The number of hydrogen-bond acceptors (Lipinski definition) is 7. The van der Waals surface area contributed by atoms with Crippen LogP contribution in [0.5, 0.6) is 17.2 Å². The highest BCUT2D eigenvalue weighted by molar-refractivity contribution is 5.85. The zero-order valence-electron chi connectivity index (χ0n) is 14.0. The summed E-state index contributed by atoms with van der Waals surface area (Å²) in [7, 11) is 4.72. The summed E-state index contributed by atoms with van der Waals surface area (Å²) in [5, 5.41) is 3.24. The largest absolute Gasteiger partial charge is 0.493 e. The van der Waals surface area contributed by atoms with E-state index in [9.17, 15) is 0 Å². The first kappa shape index (κ1) is 15.9. The van der Waals surface area contributed by atoms with E-state index in [4.69, 9.17) is 14.2 Å². The van der Waals surface area contributed by atoms with Crippen molar-refractivity contribution < 1.29 is 14.2 Å². The van der Waals surface area contributed by atoms with Gasteiger partial charge in [0.25, 0.3) is 0 Å². The van der Waals surface area contributed by atoms with E-state index in [0.29, 0.717) is 28.6 Å². The van der Waals surface area contributed by atoms with E-state index in [1.54, 1.807) is 27.7 Å². The number of anilines is 2. The molecule has 0 spiro atoms. The Labute approximate surface area is 139 Å². The van der Waals surface area contributed by atoms with Gasteiger partial charge < -0.3 is 24.1 Å². The van der Waals surface area contributed by atoms with Crippen LogP contribution >= 0.6 is 0 Å². The molecule has 0 unspecified atom stereocenters. The Morgan fingerprint density at radius 2 is 1.71 bits per heavy atom. The molecule has 0 atom stereocenters. The topological polar surface area (TPSA) is 83.3 Å². The first-order valence-corrected chi connectivity index (χ1v) is 7.44. The molecule has 1 aromatic carbocycles. The van der Waals surface area contributed by atoms with Crippen molar-refractivity contribution in [3.63, 3.8) is 0 Å². The number of hydrogen-bond donors (Lipinski definition) is 1. The van der Waals surface area contributed by atoms with E-state index < -0.39 is 0 Å². The predicted molar refractivity (Wildman–Crippen MR) is 90.4 cm³/mol. The van der Waals surface area contributed by atoms with Crippen LogP contribution in [0.25, 0.3) is 11.2 Å². The molecule has 0 bridgehead atoms. The Balaban J connectivity index is 2.04. The maximum Gasteiger partial charge on any atom is 0.203 e. The van der Waals surface area contributed by atoms with E-state index in [1.807, 2.05) is 23.6 Å². The molecule has 126 valence electrons. The second kappa shape index (κ2) is 6.61. The number of aromatic nitrogens is 4. The van der Waals surface area contributed by atoms with Crippen LogP contribution in [0, 0.1) is 0 Å². The summed E-state index contributed by atoms with van der Waals surface area (Å²) in [6.07, 6.45) is 3.26. The highest BCUT2D eigenvalue weighted by Crippen LogP contribution is 2.40. The fourth-order valence-corrected chi connectivity index (χ4v) is 2.49. The number of ether oxygens (including phenoxy) is 3. The molecule has 3 aromatic rings. The summed E-state index contributed by atoms with van der Waals surface area (Å²) in [5.41, 5.74) is 2.23. The third-order valence-corrected chi connectivity index (χ3v) is 3.67. The Bertz CT molecular complexity index is 837. The van der Waals surface area contributed by atoms with Crippen molar-refractivity contribution in [2.24, 2.45) is 0 Å². The maximum atomic E-state index is 5.37. The van der Waals surface area contributed by atoms with Gasteiger partial charge in [-0.05, 0) is 6.92 Å². The Kier molecular flexibility index (Phi) is 4.37. The zero-order chi connectivity index (χ0) is 17.1. The summed E-state index contributed by atoms with van der Waals surface area (Å²) in [5.74, 6) is 2.27. The summed E-state index contributed by atoms with van der Waals surface area (Å²) in [6.45, 7) is 2.83. The van der Waals surface area contributed by atoms with Crippen molar-refractivity contribution in [2.75, 3.05) is 26.6 Å². The smallest absolute Gasteiger partial charge is 0.203 e. The molecule has 0 aliphatic carbocycles. The van der Waals surface area contributed by atoms with Crippen molar-refractivity contribution in [3.05, 3.63) is 24.8 Å². The van der Waals surface area contributed by atoms with E-state index in [0.717, 1.165) is 17.9 Å². The second-order valence-electron chi connectivity index (χ2n) is 4.96. The number of nitrogens with one attached hydrogen (secondary N) is 1. The highest BCUT2D eigenvalue weighted by Gasteiger charge is 2.15. The van der Waals surface area contributed by atoms with E-state index >= 15 is 0 Å². The molecule has 0 saturated heterocycles. The summed E-state index contributed by atoms with van der Waals surface area (Å²) in [4.78, 5) is 13.0. The third-order valence-electron chi connectivity index (χ3n) is 3.67. The Morgan fingerprint density at radius 1 is 1.00 bits per heavy atom. The summed E-state index contributed by atoms with van der Waals surface area (Å²) in [6, 6.07) is 3.62. The maximum absolute atomic E-state index is 5.37. The van der Waals surface area contributed by atoms with Gasteiger partial charge in [0.05, 0.1) is 27.7 Å². The SMILES string of the molecule is CCn1cnc2c(Nc3cc(OC)c(OC)c(OC)c3)ncnc21. The average Bonchev–Trinajstić information content (AvgIpc) is 3.05. The number of fused-ring (bicyclic) bond motifs is 1. The van der Waals surface area contributed by atoms with Crippen molar-refractivity contribution in [2.45, 2.75) is 13.5 Å². The lowest BCUT2D eigenvalue weighted by molar-refractivity contribution is 0.324. The first-order valence-electron chi connectivity index (χ1n) is 7.44. The van der Waals surface area contributed by atoms with Crippen LogP contribution in [0.15, 0.2) is 24.8 Å². The van der Waals surface area contributed by atoms with Gasteiger partial charge in [-0.15, -0.1) is 0 Å². The molecule has 2 aromatic heterocycles. The van der Waals surface area contributed by atoms with E-state index in [-0.39, 0.29) is 0 Å². The van der Waals surface area contributed by atoms with Gasteiger partial charge in [-0.1, -0.05) is 0 Å². The molecule has 0 fully saturated rings. The van der Waals surface area contributed by atoms with E-state index in [1.165, 1.54) is 6.33 Å². The molecule has 3 rings (SSSR count). The van der Waals surface area contributed by atoms with Crippen LogP contribution in [0.3, 0.4) is 0 Å². The minimum Gasteiger partial charge on any atom is -0.493 e. The number of methoxy groups -OCH3 is 3. The Morgan fingerprint density at radius 3 is 2.29 bits per heavy atom. The zero-order valence-corrected chi connectivity index (χ0v) is 14.0. The number of nitrogens with zero attached hydrogens (tertiary/aromatic N) is 4. The van der Waals surface area contributed by atoms with Gasteiger partial charge in [0.2, 0.25) is 5.75 Å². The molecular formula is C16H19N5O3. The van der Waals surface area contributed by atoms with Gasteiger partial charge in [0.15, 0.2) is 28.5 Å². The minimum absolute atomic E-state index is 0.536. The molecule has 24 heavy (non-hydrogen) atoms. The molecule has 0 amide bonds. The van der Waals surface area contributed by atoms with Gasteiger partial charge in [0, 0.05) is 24.4 Å². The van der Waals surface area contributed by atoms with Crippen LogP contribution in [0.2, 0.25) is 0 Å². The minimum atomic E-state index is 0.536. The lowest BCUT2D eigenvalue weighted by Crippen LogP contribution is -2.00. The molecule has 0 radical (unpaired) electrons.